The van der Waals surface area contributed by atoms with Gasteiger partial charge in [-0.1, -0.05) is 69.8 Å². The average molecular weight is 276 g/mol. The quantitative estimate of drug-likeness (QED) is 0.640. The largest absolute Gasteiger partial charge is 0.478 e. The van der Waals surface area contributed by atoms with E-state index in [1.807, 2.05) is 18.2 Å². The van der Waals surface area contributed by atoms with Gasteiger partial charge in [-0.2, -0.15) is 0 Å². The number of hydrogen-bond acceptors (Lipinski definition) is 1. The molecule has 2 nitrogen and oxygen atoms in total. The third kappa shape index (κ3) is 3.15. The van der Waals surface area contributed by atoms with Crippen molar-refractivity contribution in [1.29, 1.82) is 0 Å². The molecule has 0 spiro atoms. The van der Waals surface area contributed by atoms with Crippen LogP contribution in [-0.2, 0) is 4.79 Å². The van der Waals surface area contributed by atoms with Gasteiger partial charge in [-0.15, -0.1) is 0 Å². The summed E-state index contributed by atoms with van der Waals surface area (Å²) in [5.74, 6) is -0.295. The maximum Gasteiger partial charge on any atom is 0.331 e. The van der Waals surface area contributed by atoms with Gasteiger partial charge in [0.25, 0.3) is 0 Å². The van der Waals surface area contributed by atoms with E-state index in [-0.39, 0.29) is 16.9 Å². The highest BCUT2D eigenvalue weighted by Crippen LogP contribution is 2.48. The fraction of sp³-hybridized carbons (Fsp3) is 0.438. The Morgan fingerprint density at radius 3 is 2.00 bits per heavy atom. The lowest BCUT2D eigenvalue weighted by Gasteiger charge is -2.41. The molecule has 0 aliphatic rings. The van der Waals surface area contributed by atoms with Gasteiger partial charge in [0.1, 0.15) is 0 Å². The molecule has 0 aliphatic carbocycles. The van der Waals surface area contributed by atoms with Gasteiger partial charge in [-0.05, 0) is 16.9 Å². The van der Waals surface area contributed by atoms with E-state index in [4.69, 9.17) is 0 Å². The Hall–Kier alpha value is -1.35. The second-order valence-electron chi connectivity index (χ2n) is 5.80. The first-order valence-electron chi connectivity index (χ1n) is 6.79. The van der Waals surface area contributed by atoms with Crippen LogP contribution >= 0.6 is 0 Å². The van der Waals surface area contributed by atoms with Crippen LogP contribution in [0.1, 0.15) is 27.7 Å². The first-order chi connectivity index (χ1) is 8.82. The van der Waals surface area contributed by atoms with Crippen LogP contribution in [0.2, 0.25) is 5.04 Å². The number of carbonyl (C=O) groups is 1. The van der Waals surface area contributed by atoms with Crippen LogP contribution in [0, 0.1) is 11.8 Å². The Kier molecular flexibility index (Phi) is 5.12. The molecule has 0 saturated heterocycles. The first kappa shape index (κ1) is 15.7. The summed E-state index contributed by atoms with van der Waals surface area (Å²) in [4.78, 5) is 11.5. The van der Waals surface area contributed by atoms with Crippen molar-refractivity contribution in [2.45, 2.75) is 32.7 Å². The zero-order chi connectivity index (χ0) is 14.6. The summed E-state index contributed by atoms with van der Waals surface area (Å²) in [5.41, 5.74) is 0.382. The minimum Gasteiger partial charge on any atom is -0.478 e. The molecule has 0 aliphatic heterocycles. The molecule has 1 aromatic carbocycles. The molecule has 0 bridgehead atoms. The van der Waals surface area contributed by atoms with Gasteiger partial charge < -0.3 is 5.11 Å². The van der Waals surface area contributed by atoms with Gasteiger partial charge in [-0.25, -0.2) is 4.79 Å². The molecule has 0 aromatic heterocycles. The molecular formula is C16H24O2Si. The maximum absolute atomic E-state index is 11.5. The highest BCUT2D eigenvalue weighted by atomic mass is 28.2. The topological polar surface area (TPSA) is 37.3 Å². The van der Waals surface area contributed by atoms with E-state index in [0.717, 1.165) is 0 Å². The van der Waals surface area contributed by atoms with E-state index in [2.05, 4.69) is 46.4 Å². The lowest BCUT2D eigenvalue weighted by Crippen LogP contribution is -2.41. The van der Waals surface area contributed by atoms with Gasteiger partial charge in [0.15, 0.2) is 0 Å². The minimum absolute atomic E-state index is 0.271. The molecular weight excluding hydrogens is 252 g/mol. The van der Waals surface area contributed by atoms with Crippen LogP contribution in [-0.4, -0.2) is 20.6 Å². The molecule has 1 N–H and O–H groups in total. The van der Waals surface area contributed by atoms with E-state index in [1.54, 1.807) is 0 Å². The normalized spacial score (nSPS) is 12.5. The molecule has 0 fully saturated rings. The van der Waals surface area contributed by atoms with E-state index in [1.165, 1.54) is 5.19 Å². The standard InChI is InChI=1S/C16H24O2Si/c1-11(2)16(12(3)4,13(5)15(17)18)19-14-9-7-6-8-10-14/h6-12H,5,19H2,1-4H3,(H,17,18). The third-order valence-corrected chi connectivity index (χ3v) is 7.74. The Labute approximate surface area is 118 Å². The Morgan fingerprint density at radius 2 is 1.63 bits per heavy atom. The van der Waals surface area contributed by atoms with Crippen molar-refractivity contribution in [3.8, 4) is 0 Å². The van der Waals surface area contributed by atoms with Gasteiger partial charge in [0.2, 0.25) is 0 Å². The summed E-state index contributed by atoms with van der Waals surface area (Å²) in [5, 5.41) is 10.4. The lowest BCUT2D eigenvalue weighted by atomic mass is 9.78. The van der Waals surface area contributed by atoms with Gasteiger partial charge in [0.05, 0.1) is 9.52 Å². The van der Waals surface area contributed by atoms with E-state index in [0.29, 0.717) is 5.57 Å². The summed E-state index contributed by atoms with van der Waals surface area (Å²) in [6, 6.07) is 10.3. The Bertz CT molecular complexity index is 441. The SMILES string of the molecule is C=C(C(=O)O)C([SiH2]c1ccccc1)(C(C)C)C(C)C. The van der Waals surface area contributed by atoms with Crippen molar-refractivity contribution in [2.75, 3.05) is 0 Å². The number of carboxylic acids is 1. The summed E-state index contributed by atoms with van der Waals surface area (Å²) in [6.07, 6.45) is 0. The molecule has 3 heteroatoms. The summed E-state index contributed by atoms with van der Waals surface area (Å²) >= 11 is 0. The fourth-order valence-electron chi connectivity index (χ4n) is 3.01. The predicted molar refractivity (Wildman–Crippen MR) is 83.8 cm³/mol. The molecule has 0 amide bonds. The second kappa shape index (κ2) is 6.20. The van der Waals surface area contributed by atoms with Crippen molar-refractivity contribution in [1.82, 2.24) is 0 Å². The van der Waals surface area contributed by atoms with Crippen molar-refractivity contribution in [2.24, 2.45) is 11.8 Å². The lowest BCUT2D eigenvalue weighted by molar-refractivity contribution is -0.133. The monoisotopic (exact) mass is 276 g/mol. The molecule has 0 unspecified atom stereocenters. The van der Waals surface area contributed by atoms with Crippen LogP contribution in [0.15, 0.2) is 42.5 Å². The van der Waals surface area contributed by atoms with Crippen molar-refractivity contribution >= 4 is 20.7 Å². The number of rotatable bonds is 6. The highest BCUT2D eigenvalue weighted by Gasteiger charge is 2.42. The number of hydrogen-bond donors (Lipinski definition) is 1. The average Bonchev–Trinajstić information content (AvgIpc) is 2.35. The smallest absolute Gasteiger partial charge is 0.331 e. The van der Waals surface area contributed by atoms with Crippen LogP contribution in [0.5, 0.6) is 0 Å². The molecule has 0 saturated carbocycles. The van der Waals surface area contributed by atoms with Crippen LogP contribution in [0.25, 0.3) is 0 Å². The molecule has 104 valence electrons. The zero-order valence-corrected chi connectivity index (χ0v) is 13.7. The molecule has 19 heavy (non-hydrogen) atoms. The van der Waals surface area contributed by atoms with Crippen molar-refractivity contribution in [3.63, 3.8) is 0 Å². The fourth-order valence-corrected chi connectivity index (χ4v) is 5.38. The van der Waals surface area contributed by atoms with Crippen LogP contribution < -0.4 is 5.19 Å². The summed E-state index contributed by atoms with van der Waals surface area (Å²) in [6.45, 7) is 12.4. The van der Waals surface area contributed by atoms with Crippen LogP contribution in [0.4, 0.5) is 0 Å². The van der Waals surface area contributed by atoms with Crippen molar-refractivity contribution in [3.05, 3.63) is 42.5 Å². The second-order valence-corrected chi connectivity index (χ2v) is 8.14. The van der Waals surface area contributed by atoms with E-state index in [9.17, 15) is 9.90 Å². The maximum atomic E-state index is 11.5. The summed E-state index contributed by atoms with van der Waals surface area (Å²) < 4.78 is 0. The van der Waals surface area contributed by atoms with Crippen LogP contribution in [0.3, 0.4) is 0 Å². The zero-order valence-electron chi connectivity index (χ0n) is 12.3. The summed E-state index contributed by atoms with van der Waals surface area (Å²) in [7, 11) is -0.770. The number of carboxylic acid groups (broad SMARTS) is 1. The molecule has 0 heterocycles. The number of benzene rings is 1. The Balaban J connectivity index is 3.25. The highest BCUT2D eigenvalue weighted by molar-refractivity contribution is 6.58. The Morgan fingerprint density at radius 1 is 1.16 bits per heavy atom. The number of aliphatic carboxylic acids is 1. The third-order valence-electron chi connectivity index (χ3n) is 4.22. The molecule has 1 rings (SSSR count). The molecule has 0 radical (unpaired) electrons. The van der Waals surface area contributed by atoms with E-state index >= 15 is 0 Å². The minimum atomic E-state index is -0.856. The van der Waals surface area contributed by atoms with Gasteiger partial charge >= 0.3 is 5.97 Å². The first-order valence-corrected chi connectivity index (χ1v) is 8.20. The predicted octanol–water partition coefficient (Wildman–Crippen LogP) is 2.59. The van der Waals surface area contributed by atoms with Crippen molar-refractivity contribution < 1.29 is 9.90 Å². The van der Waals surface area contributed by atoms with Gasteiger partial charge in [0, 0.05) is 5.57 Å². The molecule has 1 aromatic rings. The molecule has 0 atom stereocenters. The van der Waals surface area contributed by atoms with E-state index < -0.39 is 15.5 Å². The van der Waals surface area contributed by atoms with Gasteiger partial charge in [-0.3, -0.25) is 0 Å².